The van der Waals surface area contributed by atoms with E-state index in [1.54, 1.807) is 36.3 Å². The summed E-state index contributed by atoms with van der Waals surface area (Å²) in [5, 5.41) is 8.01. The van der Waals surface area contributed by atoms with Crippen LogP contribution in [0.15, 0.2) is 24.3 Å². The summed E-state index contributed by atoms with van der Waals surface area (Å²) >= 11 is 0. The number of amides is 3. The van der Waals surface area contributed by atoms with Gasteiger partial charge in [-0.2, -0.15) is 0 Å². The van der Waals surface area contributed by atoms with E-state index in [0.29, 0.717) is 18.0 Å². The van der Waals surface area contributed by atoms with Crippen molar-refractivity contribution in [1.29, 1.82) is 0 Å². The van der Waals surface area contributed by atoms with Gasteiger partial charge in [0.2, 0.25) is 17.7 Å². The Morgan fingerprint density at radius 1 is 1.04 bits per heavy atom. The predicted octanol–water partition coefficient (Wildman–Crippen LogP) is 0.596. The molecule has 144 valence electrons. The molecular formula is C18H28N4O4. The molecule has 1 aromatic rings. The molecule has 0 unspecified atom stereocenters. The van der Waals surface area contributed by atoms with Gasteiger partial charge in [0.25, 0.3) is 0 Å². The Hall–Kier alpha value is -2.61. The van der Waals surface area contributed by atoms with E-state index in [2.05, 4.69) is 16.0 Å². The zero-order valence-corrected chi connectivity index (χ0v) is 15.8. The van der Waals surface area contributed by atoms with Gasteiger partial charge in [0.1, 0.15) is 5.75 Å². The molecule has 26 heavy (non-hydrogen) atoms. The van der Waals surface area contributed by atoms with Gasteiger partial charge >= 0.3 is 0 Å². The molecule has 0 heterocycles. The highest BCUT2D eigenvalue weighted by Gasteiger charge is 2.14. The fraction of sp³-hybridized carbons (Fsp3) is 0.500. The summed E-state index contributed by atoms with van der Waals surface area (Å²) in [6, 6.07) is 7.01. The first-order valence-electron chi connectivity index (χ1n) is 8.56. The summed E-state index contributed by atoms with van der Waals surface area (Å²) in [5.74, 6) is -0.0598. The van der Waals surface area contributed by atoms with E-state index < -0.39 is 0 Å². The third kappa shape index (κ3) is 8.48. The number of hydrogen-bond donors (Lipinski definition) is 3. The summed E-state index contributed by atoms with van der Waals surface area (Å²) in [5.41, 5.74) is 0.654. The maximum atomic E-state index is 12.1. The first kappa shape index (κ1) is 21.4. The lowest BCUT2D eigenvalue weighted by Crippen LogP contribution is -2.45. The molecule has 0 saturated heterocycles. The van der Waals surface area contributed by atoms with Crippen molar-refractivity contribution in [3.8, 4) is 5.75 Å². The van der Waals surface area contributed by atoms with Crippen molar-refractivity contribution in [3.05, 3.63) is 24.3 Å². The number of ether oxygens (including phenoxy) is 1. The normalized spacial score (nSPS) is 10.5. The third-order valence-corrected chi connectivity index (χ3v) is 3.45. The van der Waals surface area contributed by atoms with Gasteiger partial charge in [-0.15, -0.1) is 0 Å². The molecule has 0 spiro atoms. The minimum absolute atomic E-state index is 0.0215. The fourth-order valence-electron chi connectivity index (χ4n) is 2.17. The molecule has 0 atom stereocenters. The second kappa shape index (κ2) is 11.1. The van der Waals surface area contributed by atoms with Gasteiger partial charge in [-0.1, -0.05) is 6.92 Å². The van der Waals surface area contributed by atoms with Gasteiger partial charge in [-0.05, 0) is 44.7 Å². The standard InChI is InChI=1S/C18H28N4O4/c1-5-22(11-17(24)19-10-16(23)20-13(2)3)12-18(25)21-14-6-8-15(26-4)9-7-14/h6-9,13H,5,10-12H2,1-4H3,(H,19,24)(H,20,23)(H,21,25). The van der Waals surface area contributed by atoms with E-state index >= 15 is 0 Å². The number of nitrogens with one attached hydrogen (secondary N) is 3. The maximum absolute atomic E-state index is 12.1. The topological polar surface area (TPSA) is 99.8 Å². The number of nitrogens with zero attached hydrogens (tertiary/aromatic N) is 1. The monoisotopic (exact) mass is 364 g/mol. The molecule has 0 fully saturated rings. The van der Waals surface area contributed by atoms with Gasteiger partial charge in [0, 0.05) is 11.7 Å². The van der Waals surface area contributed by atoms with E-state index in [0.717, 1.165) is 0 Å². The van der Waals surface area contributed by atoms with Gasteiger partial charge in [0.05, 0.1) is 26.7 Å². The summed E-state index contributed by atoms with van der Waals surface area (Å²) in [6.45, 7) is 6.13. The van der Waals surface area contributed by atoms with Crippen LogP contribution in [0.4, 0.5) is 5.69 Å². The van der Waals surface area contributed by atoms with Crippen molar-refractivity contribution in [2.24, 2.45) is 0 Å². The Labute approximate surface area is 154 Å². The number of carbonyl (C=O) groups excluding carboxylic acids is 3. The molecule has 3 amide bonds. The molecule has 0 aromatic heterocycles. The molecule has 0 aliphatic rings. The lowest BCUT2D eigenvalue weighted by atomic mass is 10.3. The molecule has 8 heteroatoms. The lowest BCUT2D eigenvalue weighted by Gasteiger charge is -2.19. The Bertz CT molecular complexity index is 602. The van der Waals surface area contributed by atoms with Gasteiger partial charge in [-0.3, -0.25) is 19.3 Å². The molecule has 8 nitrogen and oxygen atoms in total. The maximum Gasteiger partial charge on any atom is 0.239 e. The predicted molar refractivity (Wildman–Crippen MR) is 100 cm³/mol. The van der Waals surface area contributed by atoms with Crippen LogP contribution in [-0.2, 0) is 14.4 Å². The van der Waals surface area contributed by atoms with Gasteiger partial charge in [0.15, 0.2) is 0 Å². The number of carbonyl (C=O) groups is 3. The van der Waals surface area contributed by atoms with Crippen LogP contribution in [0.3, 0.4) is 0 Å². The van der Waals surface area contributed by atoms with E-state index in [1.807, 2.05) is 20.8 Å². The van der Waals surface area contributed by atoms with Crippen molar-refractivity contribution >= 4 is 23.4 Å². The molecular weight excluding hydrogens is 336 g/mol. The molecule has 3 N–H and O–H groups in total. The highest BCUT2D eigenvalue weighted by molar-refractivity contribution is 5.92. The molecule has 0 bridgehead atoms. The zero-order chi connectivity index (χ0) is 19.5. The molecule has 0 aliphatic carbocycles. The van der Waals surface area contributed by atoms with Crippen LogP contribution in [0.2, 0.25) is 0 Å². The Morgan fingerprint density at radius 3 is 2.19 bits per heavy atom. The Morgan fingerprint density at radius 2 is 1.65 bits per heavy atom. The van der Waals surface area contributed by atoms with Crippen LogP contribution in [-0.4, -0.2) is 62.0 Å². The largest absolute Gasteiger partial charge is 0.497 e. The molecule has 0 radical (unpaired) electrons. The number of likely N-dealkylation sites (N-methyl/N-ethyl adjacent to an activating group) is 1. The summed E-state index contributed by atoms with van der Waals surface area (Å²) in [6.07, 6.45) is 0. The number of anilines is 1. The van der Waals surface area contributed by atoms with Crippen molar-refractivity contribution in [3.63, 3.8) is 0 Å². The zero-order valence-electron chi connectivity index (χ0n) is 15.8. The Balaban J connectivity index is 2.41. The van der Waals surface area contributed by atoms with Crippen LogP contribution in [0.5, 0.6) is 5.75 Å². The number of benzene rings is 1. The number of methoxy groups -OCH3 is 1. The van der Waals surface area contributed by atoms with Crippen LogP contribution in [0.25, 0.3) is 0 Å². The highest BCUT2D eigenvalue weighted by atomic mass is 16.5. The minimum Gasteiger partial charge on any atom is -0.497 e. The second-order valence-electron chi connectivity index (χ2n) is 6.08. The molecule has 1 aromatic carbocycles. The number of hydrogen-bond acceptors (Lipinski definition) is 5. The SMILES string of the molecule is CCN(CC(=O)NCC(=O)NC(C)C)CC(=O)Nc1ccc(OC)cc1. The lowest BCUT2D eigenvalue weighted by molar-refractivity contribution is -0.127. The van der Waals surface area contributed by atoms with Crippen molar-refractivity contribution in [1.82, 2.24) is 15.5 Å². The van der Waals surface area contributed by atoms with Gasteiger partial charge < -0.3 is 20.7 Å². The first-order valence-corrected chi connectivity index (χ1v) is 8.56. The van der Waals surface area contributed by atoms with Crippen LogP contribution >= 0.6 is 0 Å². The molecule has 1 rings (SSSR count). The van der Waals surface area contributed by atoms with Gasteiger partial charge in [-0.25, -0.2) is 0 Å². The fourth-order valence-corrected chi connectivity index (χ4v) is 2.17. The quantitative estimate of drug-likeness (QED) is 0.564. The number of rotatable bonds is 10. The summed E-state index contributed by atoms with van der Waals surface area (Å²) in [7, 11) is 1.57. The van der Waals surface area contributed by atoms with Crippen LogP contribution in [0, 0.1) is 0 Å². The molecule has 0 saturated carbocycles. The van der Waals surface area contributed by atoms with Crippen molar-refractivity contribution in [2.75, 3.05) is 38.6 Å². The van der Waals surface area contributed by atoms with E-state index in [-0.39, 0.29) is 43.4 Å². The minimum atomic E-state index is -0.303. The second-order valence-corrected chi connectivity index (χ2v) is 6.08. The van der Waals surface area contributed by atoms with E-state index in [9.17, 15) is 14.4 Å². The first-order chi connectivity index (χ1) is 12.3. The van der Waals surface area contributed by atoms with Crippen LogP contribution in [0.1, 0.15) is 20.8 Å². The summed E-state index contributed by atoms with van der Waals surface area (Å²) in [4.78, 5) is 37.3. The molecule has 0 aliphatic heterocycles. The van der Waals surface area contributed by atoms with Crippen molar-refractivity contribution in [2.45, 2.75) is 26.8 Å². The van der Waals surface area contributed by atoms with Crippen molar-refractivity contribution < 1.29 is 19.1 Å². The van der Waals surface area contributed by atoms with E-state index in [4.69, 9.17) is 4.74 Å². The average molecular weight is 364 g/mol. The van der Waals surface area contributed by atoms with E-state index in [1.165, 1.54) is 0 Å². The highest BCUT2D eigenvalue weighted by Crippen LogP contribution is 2.14. The summed E-state index contributed by atoms with van der Waals surface area (Å²) < 4.78 is 5.07. The Kier molecular flexibility index (Phi) is 9.14. The average Bonchev–Trinajstić information content (AvgIpc) is 2.59. The third-order valence-electron chi connectivity index (χ3n) is 3.45. The van der Waals surface area contributed by atoms with Crippen LogP contribution < -0.4 is 20.7 Å². The smallest absolute Gasteiger partial charge is 0.239 e.